The lowest BCUT2D eigenvalue weighted by Gasteiger charge is -2.37. The highest BCUT2D eigenvalue weighted by molar-refractivity contribution is 5.92. The Morgan fingerprint density at radius 3 is 2.76 bits per heavy atom. The molecule has 0 aromatic carbocycles. The van der Waals surface area contributed by atoms with Crippen LogP contribution in [0.1, 0.15) is 61.7 Å². The van der Waals surface area contributed by atoms with Crippen molar-refractivity contribution in [2.24, 2.45) is 5.92 Å². The second kappa shape index (κ2) is 7.25. The maximum absolute atomic E-state index is 13.1. The molecule has 3 heterocycles. The van der Waals surface area contributed by atoms with Gasteiger partial charge in [-0.15, -0.1) is 0 Å². The summed E-state index contributed by atoms with van der Waals surface area (Å²) >= 11 is 0. The number of amides is 1. The van der Waals surface area contributed by atoms with Crippen LogP contribution in [0.4, 0.5) is 0 Å². The summed E-state index contributed by atoms with van der Waals surface area (Å²) in [4.78, 5) is 26.6. The smallest absolute Gasteiger partial charge is 0.274 e. The molecular weight excluding hydrogens is 318 g/mol. The minimum absolute atomic E-state index is 0.0830. The van der Waals surface area contributed by atoms with Gasteiger partial charge in [-0.2, -0.15) is 5.10 Å². The fraction of sp³-hybridized carbons (Fsp3) is 0.526. The highest BCUT2D eigenvalue weighted by atomic mass is 16.3. The molecule has 0 radical (unpaired) electrons. The first-order valence-electron chi connectivity index (χ1n) is 9.01. The Kier molecular flexibility index (Phi) is 5.06. The number of carbonyl (C=O) groups excluding carboxylic acids is 1. The SMILES string of the molecule is CCc1ccc(C2CC(C)CCN2C(=O)c2ccc(=O)n(CC)n2)o1. The quantitative estimate of drug-likeness (QED) is 0.856. The van der Waals surface area contributed by atoms with Gasteiger partial charge in [0, 0.05) is 25.6 Å². The minimum atomic E-state index is -0.193. The summed E-state index contributed by atoms with van der Waals surface area (Å²) in [6.45, 7) is 7.20. The second-order valence-electron chi connectivity index (χ2n) is 6.67. The van der Waals surface area contributed by atoms with Gasteiger partial charge in [-0.3, -0.25) is 9.59 Å². The molecule has 3 rings (SSSR count). The maximum atomic E-state index is 13.1. The largest absolute Gasteiger partial charge is 0.464 e. The molecule has 0 spiro atoms. The van der Waals surface area contributed by atoms with E-state index in [1.54, 1.807) is 0 Å². The summed E-state index contributed by atoms with van der Waals surface area (Å²) in [6, 6.07) is 6.80. The van der Waals surface area contributed by atoms with Gasteiger partial charge in [0.2, 0.25) is 0 Å². The second-order valence-corrected chi connectivity index (χ2v) is 6.67. The van der Waals surface area contributed by atoms with E-state index in [9.17, 15) is 9.59 Å². The van der Waals surface area contributed by atoms with Crippen LogP contribution in [0.3, 0.4) is 0 Å². The average molecular weight is 343 g/mol. The molecule has 0 bridgehead atoms. The van der Waals surface area contributed by atoms with Gasteiger partial charge in [-0.1, -0.05) is 13.8 Å². The molecule has 134 valence electrons. The lowest BCUT2D eigenvalue weighted by Crippen LogP contribution is -2.41. The zero-order chi connectivity index (χ0) is 18.0. The Morgan fingerprint density at radius 2 is 2.08 bits per heavy atom. The van der Waals surface area contributed by atoms with Crippen LogP contribution in [0, 0.1) is 5.92 Å². The van der Waals surface area contributed by atoms with E-state index in [-0.39, 0.29) is 17.5 Å². The molecule has 2 atom stereocenters. The normalized spacial score (nSPS) is 20.7. The van der Waals surface area contributed by atoms with Crippen molar-refractivity contribution < 1.29 is 9.21 Å². The number of rotatable bonds is 4. The van der Waals surface area contributed by atoms with Gasteiger partial charge in [0.05, 0.1) is 6.04 Å². The zero-order valence-electron chi connectivity index (χ0n) is 15.1. The Balaban J connectivity index is 1.92. The van der Waals surface area contributed by atoms with Crippen LogP contribution in [-0.4, -0.2) is 27.1 Å². The number of aromatic nitrogens is 2. The van der Waals surface area contributed by atoms with E-state index in [1.807, 2.05) is 30.9 Å². The molecule has 2 unspecified atom stereocenters. The van der Waals surface area contributed by atoms with Crippen LogP contribution >= 0.6 is 0 Å². The average Bonchev–Trinajstić information content (AvgIpc) is 3.10. The summed E-state index contributed by atoms with van der Waals surface area (Å²) in [5.74, 6) is 2.15. The van der Waals surface area contributed by atoms with Crippen molar-refractivity contribution >= 4 is 5.91 Å². The van der Waals surface area contributed by atoms with Crippen LogP contribution in [0.15, 0.2) is 33.5 Å². The molecule has 2 aromatic heterocycles. The van der Waals surface area contributed by atoms with Crippen molar-refractivity contribution in [2.45, 2.75) is 52.6 Å². The van der Waals surface area contributed by atoms with E-state index in [1.165, 1.54) is 16.8 Å². The third kappa shape index (κ3) is 3.52. The van der Waals surface area contributed by atoms with Crippen LogP contribution in [0.25, 0.3) is 0 Å². The van der Waals surface area contributed by atoms with Crippen molar-refractivity contribution in [3.63, 3.8) is 0 Å². The van der Waals surface area contributed by atoms with Gasteiger partial charge in [0.25, 0.3) is 11.5 Å². The standard InChI is InChI=1S/C19H25N3O3/c1-4-14-6-8-17(25-14)16-12-13(3)10-11-21(16)19(24)15-7-9-18(23)22(5-2)20-15/h6-9,13,16H,4-5,10-12H2,1-3H3. The Bertz CT molecular complexity index is 808. The number of hydrogen-bond donors (Lipinski definition) is 0. The molecule has 0 saturated carbocycles. The van der Waals surface area contributed by atoms with Crippen molar-refractivity contribution in [1.82, 2.24) is 14.7 Å². The first kappa shape index (κ1) is 17.5. The molecule has 1 amide bonds. The van der Waals surface area contributed by atoms with Crippen LogP contribution < -0.4 is 5.56 Å². The number of carbonyl (C=O) groups is 1. The van der Waals surface area contributed by atoms with E-state index in [2.05, 4.69) is 12.0 Å². The van der Waals surface area contributed by atoms with Gasteiger partial charge in [-0.25, -0.2) is 4.68 Å². The van der Waals surface area contributed by atoms with Crippen LogP contribution in [0.2, 0.25) is 0 Å². The van der Waals surface area contributed by atoms with Crippen LogP contribution in [0.5, 0.6) is 0 Å². The lowest BCUT2D eigenvalue weighted by atomic mass is 9.91. The predicted octanol–water partition coefficient (Wildman–Crippen LogP) is 3.03. The maximum Gasteiger partial charge on any atom is 0.274 e. The summed E-state index contributed by atoms with van der Waals surface area (Å²) in [5, 5.41) is 4.22. The highest BCUT2D eigenvalue weighted by Gasteiger charge is 2.34. The van der Waals surface area contributed by atoms with E-state index >= 15 is 0 Å². The molecular formula is C19H25N3O3. The summed E-state index contributed by atoms with van der Waals surface area (Å²) in [5.41, 5.74) is 0.116. The van der Waals surface area contributed by atoms with Gasteiger partial charge in [-0.05, 0) is 43.9 Å². The zero-order valence-corrected chi connectivity index (χ0v) is 15.1. The van der Waals surface area contributed by atoms with E-state index < -0.39 is 0 Å². The van der Waals surface area contributed by atoms with E-state index in [4.69, 9.17) is 4.42 Å². The molecule has 6 nitrogen and oxygen atoms in total. The monoisotopic (exact) mass is 343 g/mol. The fourth-order valence-electron chi connectivity index (χ4n) is 3.35. The molecule has 1 saturated heterocycles. The van der Waals surface area contributed by atoms with Crippen molar-refractivity contribution in [2.75, 3.05) is 6.54 Å². The number of hydrogen-bond acceptors (Lipinski definition) is 4. The highest BCUT2D eigenvalue weighted by Crippen LogP contribution is 2.35. The Hall–Kier alpha value is -2.37. The Labute approximate surface area is 147 Å². The van der Waals surface area contributed by atoms with Crippen molar-refractivity contribution in [3.05, 3.63) is 51.8 Å². The number of nitrogens with zero attached hydrogens (tertiary/aromatic N) is 3. The molecule has 6 heteroatoms. The first-order valence-corrected chi connectivity index (χ1v) is 9.01. The van der Waals surface area contributed by atoms with Gasteiger partial charge in [0.15, 0.2) is 0 Å². The third-order valence-corrected chi connectivity index (χ3v) is 4.87. The lowest BCUT2D eigenvalue weighted by molar-refractivity contribution is 0.0510. The molecule has 0 aliphatic carbocycles. The topological polar surface area (TPSA) is 68.3 Å². The molecule has 25 heavy (non-hydrogen) atoms. The summed E-state index contributed by atoms with van der Waals surface area (Å²) in [7, 11) is 0. The number of aryl methyl sites for hydroxylation is 2. The van der Waals surface area contributed by atoms with Crippen molar-refractivity contribution in [1.29, 1.82) is 0 Å². The summed E-state index contributed by atoms with van der Waals surface area (Å²) in [6.07, 6.45) is 2.66. The molecule has 1 aliphatic rings. The van der Waals surface area contributed by atoms with Gasteiger partial charge < -0.3 is 9.32 Å². The van der Waals surface area contributed by atoms with E-state index in [0.29, 0.717) is 24.7 Å². The number of piperidine rings is 1. The van der Waals surface area contributed by atoms with Crippen molar-refractivity contribution in [3.8, 4) is 0 Å². The molecule has 1 fully saturated rings. The third-order valence-electron chi connectivity index (χ3n) is 4.87. The van der Waals surface area contributed by atoms with E-state index in [0.717, 1.165) is 30.8 Å². The Morgan fingerprint density at radius 1 is 1.28 bits per heavy atom. The van der Waals surface area contributed by atoms with Gasteiger partial charge in [0.1, 0.15) is 17.2 Å². The molecule has 0 N–H and O–H groups in total. The fourth-order valence-corrected chi connectivity index (χ4v) is 3.35. The minimum Gasteiger partial charge on any atom is -0.464 e. The molecule has 2 aromatic rings. The summed E-state index contributed by atoms with van der Waals surface area (Å²) < 4.78 is 7.25. The molecule has 1 aliphatic heterocycles. The number of likely N-dealkylation sites (tertiary alicyclic amines) is 1. The predicted molar refractivity (Wildman–Crippen MR) is 94.4 cm³/mol. The first-order chi connectivity index (χ1) is 12.0. The van der Waals surface area contributed by atoms with Gasteiger partial charge >= 0.3 is 0 Å². The number of furan rings is 1. The van der Waals surface area contributed by atoms with Crippen LogP contribution in [-0.2, 0) is 13.0 Å².